The third-order valence-corrected chi connectivity index (χ3v) is 8.03. The number of sulfonamides is 1. The van der Waals surface area contributed by atoms with Crippen LogP contribution in [-0.4, -0.2) is 43.5 Å². The number of carbonyl (C=O) groups excluding carboxylic acids is 2. The molecule has 1 unspecified atom stereocenters. The molecule has 1 atom stereocenters. The van der Waals surface area contributed by atoms with Crippen LogP contribution >= 0.6 is 11.8 Å². The largest absolute Gasteiger partial charge is 0.341 e. The molecule has 2 heterocycles. The Morgan fingerprint density at radius 1 is 1.12 bits per heavy atom. The predicted molar refractivity (Wildman–Crippen MR) is 122 cm³/mol. The number of benzene rings is 2. The van der Waals surface area contributed by atoms with Gasteiger partial charge in [-0.05, 0) is 49.2 Å². The van der Waals surface area contributed by atoms with E-state index in [4.69, 9.17) is 5.26 Å². The van der Waals surface area contributed by atoms with Crippen molar-refractivity contribution < 1.29 is 18.0 Å². The average Bonchev–Trinajstić information content (AvgIpc) is 3.07. The molecule has 10 heteroatoms. The van der Waals surface area contributed by atoms with Gasteiger partial charge in [0.05, 0.1) is 27.9 Å². The van der Waals surface area contributed by atoms with Gasteiger partial charge in [-0.3, -0.25) is 14.3 Å². The minimum Gasteiger partial charge on any atom is -0.341 e. The van der Waals surface area contributed by atoms with Gasteiger partial charge in [-0.15, -0.1) is 11.8 Å². The number of carbonyl (C=O) groups is 2. The molecule has 0 aromatic heterocycles. The summed E-state index contributed by atoms with van der Waals surface area (Å²) in [4.78, 5) is 28.0. The first-order valence-corrected chi connectivity index (χ1v) is 12.7. The lowest BCUT2D eigenvalue weighted by molar-refractivity contribution is -0.133. The maximum absolute atomic E-state index is 12.9. The van der Waals surface area contributed by atoms with Crippen LogP contribution in [0.15, 0.2) is 52.3 Å². The second-order valence-electron chi connectivity index (χ2n) is 7.68. The van der Waals surface area contributed by atoms with Crippen LogP contribution in [0.3, 0.4) is 0 Å². The number of anilines is 2. The van der Waals surface area contributed by atoms with Gasteiger partial charge in [0.25, 0.3) is 10.0 Å². The van der Waals surface area contributed by atoms with Gasteiger partial charge >= 0.3 is 0 Å². The van der Waals surface area contributed by atoms with Crippen LogP contribution < -0.4 is 10.0 Å². The van der Waals surface area contributed by atoms with E-state index >= 15 is 0 Å². The minimum absolute atomic E-state index is 0.0307. The maximum Gasteiger partial charge on any atom is 0.261 e. The maximum atomic E-state index is 12.9. The molecular formula is C22H22N4O4S2. The Bertz CT molecular complexity index is 1200. The number of nitrogens with one attached hydrogen (secondary N) is 2. The molecule has 166 valence electrons. The standard InChI is InChI=1S/C22H22N4O4S2/c23-14-15-6-5-7-16(12-15)25-32(29,30)17-8-9-19-18(13-17)24-21(27)20(31-19)22(28)26-10-3-1-2-4-11-26/h5-9,12-13,20,25H,1-4,10-11H2,(H,24,27). The van der Waals surface area contributed by atoms with E-state index in [0.29, 0.717) is 29.2 Å². The zero-order valence-electron chi connectivity index (χ0n) is 17.2. The molecule has 2 amide bonds. The molecule has 2 aromatic carbocycles. The fraction of sp³-hybridized carbons (Fsp3) is 0.318. The number of hydrogen-bond donors (Lipinski definition) is 2. The highest BCUT2D eigenvalue weighted by molar-refractivity contribution is 8.01. The summed E-state index contributed by atoms with van der Waals surface area (Å²) < 4.78 is 28.1. The van der Waals surface area contributed by atoms with Gasteiger partial charge in [-0.2, -0.15) is 5.26 Å². The van der Waals surface area contributed by atoms with Crippen molar-refractivity contribution in [3.63, 3.8) is 0 Å². The first kappa shape index (κ1) is 22.2. The zero-order chi connectivity index (χ0) is 22.7. The Morgan fingerprint density at radius 3 is 2.59 bits per heavy atom. The molecule has 2 aliphatic rings. The molecule has 0 radical (unpaired) electrons. The van der Waals surface area contributed by atoms with Crippen molar-refractivity contribution in [1.82, 2.24) is 4.90 Å². The molecule has 32 heavy (non-hydrogen) atoms. The van der Waals surface area contributed by atoms with Crippen molar-refractivity contribution in [2.24, 2.45) is 0 Å². The number of rotatable bonds is 4. The Labute approximate surface area is 191 Å². The van der Waals surface area contributed by atoms with Crippen molar-refractivity contribution in [2.45, 2.75) is 40.7 Å². The molecule has 0 bridgehead atoms. The summed E-state index contributed by atoms with van der Waals surface area (Å²) in [5.41, 5.74) is 0.955. The summed E-state index contributed by atoms with van der Waals surface area (Å²) in [6.45, 7) is 1.32. The number of fused-ring (bicyclic) bond motifs is 1. The van der Waals surface area contributed by atoms with E-state index < -0.39 is 21.2 Å². The van der Waals surface area contributed by atoms with Gasteiger partial charge in [0.1, 0.15) is 0 Å². The topological polar surface area (TPSA) is 119 Å². The summed E-state index contributed by atoms with van der Waals surface area (Å²) >= 11 is 1.15. The van der Waals surface area contributed by atoms with Crippen LogP contribution in [0.5, 0.6) is 0 Å². The third-order valence-electron chi connectivity index (χ3n) is 5.39. The smallest absolute Gasteiger partial charge is 0.261 e. The number of thioether (sulfide) groups is 1. The lowest BCUT2D eigenvalue weighted by atomic mass is 10.2. The second kappa shape index (κ2) is 9.22. The van der Waals surface area contributed by atoms with Crippen molar-refractivity contribution in [1.29, 1.82) is 5.26 Å². The summed E-state index contributed by atoms with van der Waals surface area (Å²) in [5, 5.41) is 10.8. The van der Waals surface area contributed by atoms with Gasteiger partial charge in [-0.1, -0.05) is 18.9 Å². The highest BCUT2D eigenvalue weighted by Crippen LogP contribution is 2.38. The molecule has 2 aromatic rings. The number of likely N-dealkylation sites (tertiary alicyclic amines) is 1. The van der Waals surface area contributed by atoms with Gasteiger partial charge in [0.15, 0.2) is 5.25 Å². The number of hydrogen-bond acceptors (Lipinski definition) is 6. The van der Waals surface area contributed by atoms with Crippen LogP contribution in [0.4, 0.5) is 11.4 Å². The summed E-state index contributed by atoms with van der Waals surface area (Å²) in [5.74, 6) is -0.642. The Hall–Kier alpha value is -3.03. The highest BCUT2D eigenvalue weighted by atomic mass is 32.2. The molecule has 1 saturated heterocycles. The predicted octanol–water partition coefficient (Wildman–Crippen LogP) is 3.17. The van der Waals surface area contributed by atoms with Crippen molar-refractivity contribution >= 4 is 45.0 Å². The molecule has 8 nitrogen and oxygen atoms in total. The fourth-order valence-corrected chi connectivity index (χ4v) is 5.87. The van der Waals surface area contributed by atoms with E-state index in [1.807, 2.05) is 6.07 Å². The summed E-state index contributed by atoms with van der Waals surface area (Å²) in [7, 11) is -3.94. The SMILES string of the molecule is N#Cc1cccc(NS(=O)(=O)c2ccc3c(c2)NC(=O)C(C(=O)N2CCCCCC2)S3)c1. The summed E-state index contributed by atoms with van der Waals surface area (Å²) in [6, 6.07) is 12.5. The first-order valence-electron chi connectivity index (χ1n) is 10.3. The van der Waals surface area contributed by atoms with Crippen LogP contribution in [0.2, 0.25) is 0 Å². The van der Waals surface area contributed by atoms with Crippen molar-refractivity contribution in [3.05, 3.63) is 48.0 Å². The van der Waals surface area contributed by atoms with Gasteiger partial charge in [0.2, 0.25) is 11.8 Å². The van der Waals surface area contributed by atoms with E-state index in [-0.39, 0.29) is 16.5 Å². The molecule has 4 rings (SSSR count). The minimum atomic E-state index is -3.94. The van der Waals surface area contributed by atoms with Crippen LogP contribution in [0.1, 0.15) is 31.2 Å². The molecule has 0 saturated carbocycles. The second-order valence-corrected chi connectivity index (χ2v) is 10.5. The van der Waals surface area contributed by atoms with Gasteiger partial charge < -0.3 is 10.2 Å². The van der Waals surface area contributed by atoms with Crippen molar-refractivity contribution in [2.75, 3.05) is 23.1 Å². The normalized spacial score (nSPS) is 18.7. The van der Waals surface area contributed by atoms with Gasteiger partial charge in [0, 0.05) is 18.0 Å². The van der Waals surface area contributed by atoms with Crippen LogP contribution in [-0.2, 0) is 19.6 Å². The molecule has 2 N–H and O–H groups in total. The quantitative estimate of drug-likeness (QED) is 0.663. The monoisotopic (exact) mass is 470 g/mol. The molecule has 1 fully saturated rings. The average molecular weight is 471 g/mol. The molecule has 2 aliphatic heterocycles. The van der Waals surface area contributed by atoms with E-state index in [1.54, 1.807) is 29.2 Å². The number of nitriles is 1. The molecular weight excluding hydrogens is 448 g/mol. The first-order chi connectivity index (χ1) is 15.4. The lowest BCUT2D eigenvalue weighted by Crippen LogP contribution is -2.45. The fourth-order valence-electron chi connectivity index (χ4n) is 3.74. The lowest BCUT2D eigenvalue weighted by Gasteiger charge is -2.28. The van der Waals surface area contributed by atoms with E-state index in [1.165, 1.54) is 18.2 Å². The van der Waals surface area contributed by atoms with E-state index in [0.717, 1.165) is 37.4 Å². The van der Waals surface area contributed by atoms with Crippen LogP contribution in [0.25, 0.3) is 0 Å². The van der Waals surface area contributed by atoms with Gasteiger partial charge in [-0.25, -0.2) is 8.42 Å². The van der Waals surface area contributed by atoms with Crippen molar-refractivity contribution in [3.8, 4) is 6.07 Å². The van der Waals surface area contributed by atoms with Crippen LogP contribution in [0, 0.1) is 11.3 Å². The number of amides is 2. The van der Waals surface area contributed by atoms with E-state index in [9.17, 15) is 18.0 Å². The third kappa shape index (κ3) is 4.74. The summed E-state index contributed by atoms with van der Waals surface area (Å²) in [6.07, 6.45) is 4.05. The molecule has 0 spiro atoms. The highest BCUT2D eigenvalue weighted by Gasteiger charge is 2.36. The number of nitrogens with zero attached hydrogens (tertiary/aromatic N) is 2. The molecule has 0 aliphatic carbocycles. The Morgan fingerprint density at radius 2 is 1.88 bits per heavy atom. The zero-order valence-corrected chi connectivity index (χ0v) is 18.8. The Balaban J connectivity index is 1.53. The Kier molecular flexibility index (Phi) is 6.39. The van der Waals surface area contributed by atoms with E-state index in [2.05, 4.69) is 10.0 Å².